The van der Waals surface area contributed by atoms with Crippen LogP contribution in [0, 0.1) is 28.6 Å². The summed E-state index contributed by atoms with van der Waals surface area (Å²) in [4.78, 5) is 11.7. The van der Waals surface area contributed by atoms with Crippen molar-refractivity contribution in [2.75, 3.05) is 0 Å². The Balaban J connectivity index is 1.97. The van der Waals surface area contributed by atoms with Crippen LogP contribution in [0.5, 0.6) is 0 Å². The molecular weight excluding hydrogens is 272 g/mol. The first-order valence-electron chi connectivity index (χ1n) is 8.86. The Labute approximate surface area is 134 Å². The predicted molar refractivity (Wildman–Crippen MR) is 89.4 cm³/mol. The fourth-order valence-corrected chi connectivity index (χ4v) is 5.17. The fourth-order valence-electron chi connectivity index (χ4n) is 5.17. The third-order valence-corrected chi connectivity index (χ3v) is 7.04. The molecule has 2 nitrogen and oxygen atoms in total. The largest absolute Gasteiger partial charge is 0.393 e. The molecule has 2 saturated carbocycles. The number of hydrogen-bond donors (Lipinski definition) is 1. The summed E-state index contributed by atoms with van der Waals surface area (Å²) in [5.41, 5.74) is 1.29. The van der Waals surface area contributed by atoms with E-state index in [4.69, 9.17) is 0 Å². The molecule has 0 heterocycles. The zero-order valence-corrected chi connectivity index (χ0v) is 14.4. The smallest absolute Gasteiger partial charge is 0.178 e. The molecule has 0 aromatic rings. The van der Waals surface area contributed by atoms with Gasteiger partial charge < -0.3 is 5.11 Å². The van der Waals surface area contributed by atoms with Gasteiger partial charge in [-0.05, 0) is 61.5 Å². The minimum atomic E-state index is -0.283. The summed E-state index contributed by atoms with van der Waals surface area (Å²) >= 11 is 0. The number of ketones is 1. The second-order valence-electron chi connectivity index (χ2n) is 8.75. The summed E-state index contributed by atoms with van der Waals surface area (Å²) in [5, 5.41) is 11.1. The van der Waals surface area contributed by atoms with Gasteiger partial charge in [0.15, 0.2) is 5.78 Å². The number of rotatable bonds is 0. The van der Waals surface area contributed by atoms with E-state index in [9.17, 15) is 9.90 Å². The summed E-state index contributed by atoms with van der Waals surface area (Å²) in [6.07, 6.45) is 10.8. The first-order valence-corrected chi connectivity index (χ1v) is 8.86. The van der Waals surface area contributed by atoms with Crippen molar-refractivity contribution in [3.8, 4) is 0 Å². The zero-order chi connectivity index (χ0) is 16.1. The molecule has 0 radical (unpaired) electrons. The van der Waals surface area contributed by atoms with E-state index in [0.29, 0.717) is 11.8 Å². The summed E-state index contributed by atoms with van der Waals surface area (Å²) in [5.74, 6) is 1.59. The van der Waals surface area contributed by atoms with Crippen LogP contribution in [0.2, 0.25) is 0 Å². The van der Waals surface area contributed by atoms with Crippen LogP contribution in [0.4, 0.5) is 0 Å². The highest BCUT2D eigenvalue weighted by atomic mass is 16.3. The van der Waals surface area contributed by atoms with Crippen molar-refractivity contribution in [1.82, 2.24) is 0 Å². The molecule has 0 saturated heterocycles. The maximum Gasteiger partial charge on any atom is 0.178 e. The molecule has 3 aliphatic carbocycles. The molecule has 0 aromatic heterocycles. The number of aliphatic hydroxyl groups excluding tert-OH is 1. The molecular formula is C20H30O2. The third-order valence-electron chi connectivity index (χ3n) is 7.04. The van der Waals surface area contributed by atoms with Crippen LogP contribution in [-0.4, -0.2) is 17.0 Å². The highest BCUT2D eigenvalue weighted by Crippen LogP contribution is 2.56. The summed E-state index contributed by atoms with van der Waals surface area (Å²) < 4.78 is 0. The molecule has 0 bridgehead atoms. The molecule has 3 rings (SSSR count). The molecule has 22 heavy (non-hydrogen) atoms. The van der Waals surface area contributed by atoms with Gasteiger partial charge in [-0.1, -0.05) is 39.3 Å². The number of hydrogen-bond acceptors (Lipinski definition) is 2. The number of fused-ring (bicyclic) bond motifs is 3. The number of allylic oxidation sites excluding steroid dienone is 4. The molecule has 5 unspecified atom stereocenters. The molecule has 2 heteroatoms. The first-order chi connectivity index (χ1) is 10.2. The van der Waals surface area contributed by atoms with E-state index in [2.05, 4.69) is 33.8 Å². The summed E-state index contributed by atoms with van der Waals surface area (Å²) in [6.45, 7) is 9.16. The second kappa shape index (κ2) is 5.33. The SMILES string of the molecule is CC1CCC2CCC3=CC(=O)C=CC3(C)C2C(O)CC1(C)C. The summed E-state index contributed by atoms with van der Waals surface area (Å²) in [7, 11) is 0. The van der Waals surface area contributed by atoms with Crippen LogP contribution in [0.15, 0.2) is 23.8 Å². The lowest BCUT2D eigenvalue weighted by molar-refractivity contribution is -0.111. The van der Waals surface area contributed by atoms with Crippen molar-refractivity contribution in [2.45, 2.75) is 65.9 Å². The minimum absolute atomic E-state index is 0.111. The molecule has 0 aromatic carbocycles. The van der Waals surface area contributed by atoms with E-state index in [1.807, 2.05) is 6.08 Å². The molecule has 2 fully saturated rings. The highest BCUT2D eigenvalue weighted by Gasteiger charge is 2.50. The Hall–Kier alpha value is -0.890. The van der Waals surface area contributed by atoms with Gasteiger partial charge in [-0.2, -0.15) is 0 Å². The average molecular weight is 302 g/mol. The maximum absolute atomic E-state index is 11.7. The topological polar surface area (TPSA) is 37.3 Å². The van der Waals surface area contributed by atoms with Crippen molar-refractivity contribution >= 4 is 5.78 Å². The van der Waals surface area contributed by atoms with Crippen molar-refractivity contribution in [2.24, 2.45) is 28.6 Å². The van der Waals surface area contributed by atoms with Crippen molar-refractivity contribution in [1.29, 1.82) is 0 Å². The molecule has 122 valence electrons. The Bertz CT molecular complexity index is 528. The molecule has 0 amide bonds. The van der Waals surface area contributed by atoms with Gasteiger partial charge >= 0.3 is 0 Å². The average Bonchev–Trinajstić information content (AvgIpc) is 2.43. The van der Waals surface area contributed by atoms with Gasteiger partial charge in [-0.25, -0.2) is 0 Å². The Morgan fingerprint density at radius 1 is 1.18 bits per heavy atom. The fraction of sp³-hybridized carbons (Fsp3) is 0.750. The highest BCUT2D eigenvalue weighted by molar-refractivity contribution is 6.01. The van der Waals surface area contributed by atoms with E-state index in [0.717, 1.165) is 19.3 Å². The second-order valence-corrected chi connectivity index (χ2v) is 8.75. The van der Waals surface area contributed by atoms with Gasteiger partial charge in [-0.3, -0.25) is 4.79 Å². The molecule has 3 aliphatic rings. The van der Waals surface area contributed by atoms with Crippen LogP contribution in [0.1, 0.15) is 59.8 Å². The monoisotopic (exact) mass is 302 g/mol. The standard InChI is InChI=1S/C20H30O2/c1-13-5-6-14-7-8-15-11-16(21)9-10-20(15,4)18(14)17(22)12-19(13,2)3/h9-11,13-14,17-18,22H,5-8,12H2,1-4H3. The van der Waals surface area contributed by atoms with Crippen LogP contribution < -0.4 is 0 Å². The summed E-state index contributed by atoms with van der Waals surface area (Å²) in [6, 6.07) is 0. The number of carbonyl (C=O) groups excluding carboxylic acids is 1. The van der Waals surface area contributed by atoms with Gasteiger partial charge in [0.2, 0.25) is 0 Å². The molecule has 0 spiro atoms. The predicted octanol–water partition coefficient (Wildman–Crippen LogP) is 4.29. The lowest BCUT2D eigenvalue weighted by atomic mass is 9.53. The van der Waals surface area contributed by atoms with E-state index in [-0.39, 0.29) is 28.6 Å². The zero-order valence-electron chi connectivity index (χ0n) is 14.4. The molecule has 5 atom stereocenters. The van der Waals surface area contributed by atoms with Crippen LogP contribution in [-0.2, 0) is 4.79 Å². The van der Waals surface area contributed by atoms with Gasteiger partial charge in [0, 0.05) is 11.3 Å². The Morgan fingerprint density at radius 3 is 2.64 bits per heavy atom. The van der Waals surface area contributed by atoms with Gasteiger partial charge in [0.1, 0.15) is 0 Å². The van der Waals surface area contributed by atoms with E-state index in [1.165, 1.54) is 18.4 Å². The number of aliphatic hydroxyl groups is 1. The van der Waals surface area contributed by atoms with Gasteiger partial charge in [0.05, 0.1) is 6.10 Å². The van der Waals surface area contributed by atoms with Crippen LogP contribution in [0.3, 0.4) is 0 Å². The van der Waals surface area contributed by atoms with Gasteiger partial charge in [0.25, 0.3) is 0 Å². The normalized spacial score (nSPS) is 44.4. The van der Waals surface area contributed by atoms with Crippen molar-refractivity contribution < 1.29 is 9.90 Å². The van der Waals surface area contributed by atoms with Gasteiger partial charge in [-0.15, -0.1) is 0 Å². The quantitative estimate of drug-likeness (QED) is 0.724. The molecule has 0 aliphatic heterocycles. The van der Waals surface area contributed by atoms with Crippen molar-refractivity contribution in [3.63, 3.8) is 0 Å². The lowest BCUT2D eigenvalue weighted by Crippen LogP contribution is -2.48. The third kappa shape index (κ3) is 2.50. The van der Waals surface area contributed by atoms with Crippen LogP contribution in [0.25, 0.3) is 0 Å². The number of carbonyl (C=O) groups is 1. The van der Waals surface area contributed by atoms with Crippen molar-refractivity contribution in [3.05, 3.63) is 23.8 Å². The minimum Gasteiger partial charge on any atom is -0.393 e. The maximum atomic E-state index is 11.7. The lowest BCUT2D eigenvalue weighted by Gasteiger charge is -2.52. The van der Waals surface area contributed by atoms with E-state index < -0.39 is 0 Å². The first kappa shape index (κ1) is 16.0. The Kier molecular flexibility index (Phi) is 3.87. The van der Waals surface area contributed by atoms with E-state index >= 15 is 0 Å². The van der Waals surface area contributed by atoms with Crippen LogP contribution >= 0.6 is 0 Å². The van der Waals surface area contributed by atoms with E-state index in [1.54, 1.807) is 6.08 Å². The Morgan fingerprint density at radius 2 is 1.91 bits per heavy atom. The molecule has 1 N–H and O–H groups in total.